The van der Waals surface area contributed by atoms with Gasteiger partial charge in [0.15, 0.2) is 5.69 Å². The van der Waals surface area contributed by atoms with Gasteiger partial charge in [-0.25, -0.2) is 0 Å². The minimum absolute atomic E-state index is 0.276. The monoisotopic (exact) mass is 216 g/mol. The quantitative estimate of drug-likeness (QED) is 0.752. The molecule has 1 amide bonds. The Morgan fingerprint density at radius 1 is 1.69 bits per heavy atom. The van der Waals surface area contributed by atoms with Gasteiger partial charge in [0.05, 0.1) is 6.20 Å². The molecule has 0 fully saturated rings. The number of anilines is 1. The fourth-order valence-corrected chi connectivity index (χ4v) is 1.18. The third-order valence-corrected chi connectivity index (χ3v) is 1.94. The van der Waals surface area contributed by atoms with E-state index in [-0.39, 0.29) is 23.0 Å². The highest BCUT2D eigenvalue weighted by Gasteiger charge is 2.12. The van der Waals surface area contributed by atoms with E-state index < -0.39 is 0 Å². The summed E-state index contributed by atoms with van der Waals surface area (Å²) in [5.74, 6) is -0.112. The van der Waals surface area contributed by atoms with Crippen LogP contribution < -0.4 is 5.32 Å². The van der Waals surface area contributed by atoms with Gasteiger partial charge in [-0.15, -0.1) is 0 Å². The van der Waals surface area contributed by atoms with Crippen molar-refractivity contribution in [1.29, 1.82) is 5.26 Å². The maximum atomic E-state index is 11.6. The van der Waals surface area contributed by atoms with Gasteiger partial charge < -0.3 is 5.32 Å². The van der Waals surface area contributed by atoms with Crippen LogP contribution in [0.1, 0.15) is 16.1 Å². The summed E-state index contributed by atoms with van der Waals surface area (Å²) in [6.45, 7) is 0. The number of aryl methyl sites for hydroxylation is 1. The predicted molar refractivity (Wildman–Crippen MR) is 54.5 cm³/mol. The highest BCUT2D eigenvalue weighted by atomic mass is 16.2. The van der Waals surface area contributed by atoms with Gasteiger partial charge in [0.25, 0.3) is 5.91 Å². The molecular weight excluding hydrogens is 208 g/mol. The summed E-state index contributed by atoms with van der Waals surface area (Å²) in [6, 6.07) is 3.48. The van der Waals surface area contributed by atoms with Crippen LogP contribution >= 0.6 is 0 Å². The lowest BCUT2D eigenvalue weighted by Crippen LogP contribution is -2.14. The Hall–Kier alpha value is -2.62. The molecule has 0 unspecified atom stereocenters. The van der Waals surface area contributed by atoms with Crippen LogP contribution in [0.4, 0.5) is 5.82 Å². The Bertz CT molecular complexity index is 561. The second-order valence-electron chi connectivity index (χ2n) is 3.10. The van der Waals surface area contributed by atoms with Crippen LogP contribution in [0.25, 0.3) is 0 Å². The van der Waals surface area contributed by atoms with Crippen molar-refractivity contribution in [1.82, 2.24) is 20.0 Å². The lowest BCUT2D eigenvalue weighted by molar-refractivity contribution is 0.102. The normalized spacial score (nSPS) is 9.75. The lowest BCUT2D eigenvalue weighted by atomic mass is 10.3. The van der Waals surface area contributed by atoms with Crippen molar-refractivity contribution in [2.45, 2.75) is 0 Å². The summed E-state index contributed by atoms with van der Waals surface area (Å²) in [5, 5.41) is 21.3. The minimum Gasteiger partial charge on any atom is -0.304 e. The number of nitriles is 1. The SMILES string of the molecule is Cn1ccc(C(=O)Nc2[nH]ncc2C#N)n1. The molecule has 0 aromatic carbocycles. The van der Waals surface area contributed by atoms with E-state index in [1.807, 2.05) is 6.07 Å². The second kappa shape index (κ2) is 3.86. The van der Waals surface area contributed by atoms with Gasteiger partial charge in [0, 0.05) is 13.2 Å². The van der Waals surface area contributed by atoms with Crippen molar-refractivity contribution >= 4 is 11.7 Å². The van der Waals surface area contributed by atoms with E-state index in [2.05, 4.69) is 20.6 Å². The van der Waals surface area contributed by atoms with Crippen LogP contribution in [-0.2, 0) is 7.05 Å². The van der Waals surface area contributed by atoms with Crippen molar-refractivity contribution in [3.8, 4) is 6.07 Å². The van der Waals surface area contributed by atoms with Gasteiger partial charge in [-0.3, -0.25) is 14.6 Å². The molecule has 0 bridgehead atoms. The van der Waals surface area contributed by atoms with E-state index in [9.17, 15) is 4.79 Å². The first-order valence-corrected chi connectivity index (χ1v) is 4.45. The summed E-state index contributed by atoms with van der Waals surface area (Å²) < 4.78 is 1.52. The minimum atomic E-state index is -0.388. The zero-order valence-electron chi connectivity index (χ0n) is 8.43. The number of nitrogens with zero attached hydrogens (tertiary/aromatic N) is 4. The number of nitrogens with one attached hydrogen (secondary N) is 2. The number of aromatic nitrogens is 4. The molecule has 0 aliphatic carbocycles. The topological polar surface area (TPSA) is 99.4 Å². The summed E-state index contributed by atoms with van der Waals surface area (Å²) >= 11 is 0. The standard InChI is InChI=1S/C9H8N6O/c1-15-3-2-7(14-15)9(16)12-8-6(4-10)5-11-13-8/h2-3,5H,1H3,(H2,11,12,13,16). The van der Waals surface area contributed by atoms with Gasteiger partial charge in [-0.2, -0.15) is 15.5 Å². The largest absolute Gasteiger partial charge is 0.304 e. The van der Waals surface area contributed by atoms with Crippen molar-refractivity contribution in [2.75, 3.05) is 5.32 Å². The molecule has 2 rings (SSSR count). The van der Waals surface area contributed by atoms with Crippen LogP contribution in [0.5, 0.6) is 0 Å². The van der Waals surface area contributed by atoms with E-state index in [0.717, 1.165) is 0 Å². The molecular formula is C9H8N6O. The first kappa shape index (κ1) is 9.92. The Labute approximate surface area is 90.7 Å². The van der Waals surface area contributed by atoms with Gasteiger partial charge in [0.2, 0.25) is 0 Å². The highest BCUT2D eigenvalue weighted by Crippen LogP contribution is 2.10. The third kappa shape index (κ3) is 1.76. The summed E-state index contributed by atoms with van der Waals surface area (Å²) in [6.07, 6.45) is 3.00. The first-order chi connectivity index (χ1) is 7.70. The van der Waals surface area contributed by atoms with Gasteiger partial charge >= 0.3 is 0 Å². The smallest absolute Gasteiger partial charge is 0.277 e. The molecule has 2 N–H and O–H groups in total. The molecule has 0 aliphatic rings. The molecule has 16 heavy (non-hydrogen) atoms. The second-order valence-corrected chi connectivity index (χ2v) is 3.10. The number of rotatable bonds is 2. The number of hydrogen-bond acceptors (Lipinski definition) is 4. The molecule has 0 aliphatic heterocycles. The van der Waals surface area contributed by atoms with Gasteiger partial charge in [-0.05, 0) is 6.07 Å². The van der Waals surface area contributed by atoms with E-state index in [1.165, 1.54) is 10.9 Å². The predicted octanol–water partition coefficient (Wildman–Crippen LogP) is 0.267. The average molecular weight is 216 g/mol. The lowest BCUT2D eigenvalue weighted by Gasteiger charge is -1.99. The van der Waals surface area contributed by atoms with Crippen molar-refractivity contribution < 1.29 is 4.79 Å². The number of carbonyl (C=O) groups excluding carboxylic acids is 1. The van der Waals surface area contributed by atoms with Crippen LogP contribution in [0, 0.1) is 11.3 Å². The zero-order valence-corrected chi connectivity index (χ0v) is 8.43. The number of amides is 1. The molecule has 0 saturated carbocycles. The van der Waals surface area contributed by atoms with E-state index in [1.54, 1.807) is 19.3 Å². The summed E-state index contributed by atoms with van der Waals surface area (Å²) in [7, 11) is 1.72. The number of aromatic amines is 1. The van der Waals surface area contributed by atoms with Gasteiger partial charge in [-0.1, -0.05) is 0 Å². The van der Waals surface area contributed by atoms with Crippen LogP contribution in [0.15, 0.2) is 18.5 Å². The molecule has 0 saturated heterocycles. The molecule has 0 atom stereocenters. The van der Waals surface area contributed by atoms with Crippen LogP contribution in [0.2, 0.25) is 0 Å². The number of carbonyl (C=O) groups is 1. The Morgan fingerprint density at radius 3 is 3.12 bits per heavy atom. The first-order valence-electron chi connectivity index (χ1n) is 4.45. The number of hydrogen-bond donors (Lipinski definition) is 2. The number of H-pyrrole nitrogens is 1. The average Bonchev–Trinajstić information content (AvgIpc) is 2.86. The molecule has 2 aromatic heterocycles. The van der Waals surface area contributed by atoms with Crippen molar-refractivity contribution in [2.24, 2.45) is 7.05 Å². The summed E-state index contributed by atoms with van der Waals surface area (Å²) in [5.41, 5.74) is 0.560. The molecule has 7 heteroatoms. The molecule has 0 radical (unpaired) electrons. The maximum Gasteiger partial charge on any atom is 0.277 e. The van der Waals surface area contributed by atoms with Crippen LogP contribution in [-0.4, -0.2) is 25.9 Å². The molecule has 80 valence electrons. The van der Waals surface area contributed by atoms with Gasteiger partial charge in [0.1, 0.15) is 17.5 Å². The van der Waals surface area contributed by atoms with Crippen molar-refractivity contribution in [3.63, 3.8) is 0 Å². The van der Waals surface area contributed by atoms with E-state index in [4.69, 9.17) is 5.26 Å². The Morgan fingerprint density at radius 2 is 2.50 bits per heavy atom. The zero-order chi connectivity index (χ0) is 11.5. The van der Waals surface area contributed by atoms with Crippen LogP contribution in [0.3, 0.4) is 0 Å². The van der Waals surface area contributed by atoms with E-state index >= 15 is 0 Å². The van der Waals surface area contributed by atoms with E-state index in [0.29, 0.717) is 0 Å². The molecule has 2 aromatic rings. The van der Waals surface area contributed by atoms with Crippen molar-refractivity contribution in [3.05, 3.63) is 29.7 Å². The Balaban J connectivity index is 2.17. The molecule has 0 spiro atoms. The highest BCUT2D eigenvalue weighted by molar-refractivity contribution is 6.02. The fourth-order valence-electron chi connectivity index (χ4n) is 1.18. The fraction of sp³-hybridized carbons (Fsp3) is 0.111. The summed E-state index contributed by atoms with van der Waals surface area (Å²) in [4.78, 5) is 11.6. The Kier molecular flexibility index (Phi) is 2.39. The molecule has 2 heterocycles. The maximum absolute atomic E-state index is 11.6. The third-order valence-electron chi connectivity index (χ3n) is 1.94. The molecule has 7 nitrogen and oxygen atoms in total.